The number of hydrogen-bond acceptors (Lipinski definition) is 2. The minimum Gasteiger partial charge on any atom is -0.307 e. The Kier molecular flexibility index (Phi) is 3.77. The molecule has 2 aromatic rings. The molecule has 0 saturated heterocycles. The molecule has 2 rings (SSSR count). The number of aryl methyl sites for hydroxylation is 2. The van der Waals surface area contributed by atoms with Crippen LogP contribution in [0.5, 0.6) is 0 Å². The minimum absolute atomic E-state index is 0.163. The highest BCUT2D eigenvalue weighted by molar-refractivity contribution is 9.10. The van der Waals surface area contributed by atoms with E-state index in [1.165, 1.54) is 0 Å². The smallest absolute Gasteiger partial charge is 0.257 e. The molecule has 0 fully saturated rings. The number of pyridine rings is 1. The average molecular weight is 305 g/mol. The molecule has 0 atom stereocenters. The fourth-order valence-electron chi connectivity index (χ4n) is 1.61. The summed E-state index contributed by atoms with van der Waals surface area (Å²) in [5.74, 6) is 0.400. The average Bonchev–Trinajstić information content (AvgIpc) is 2.32. The molecule has 3 nitrogen and oxygen atoms in total. The molecule has 4 heteroatoms. The molecule has 18 heavy (non-hydrogen) atoms. The van der Waals surface area contributed by atoms with Crippen molar-refractivity contribution in [1.29, 1.82) is 0 Å². The van der Waals surface area contributed by atoms with E-state index in [1.54, 1.807) is 6.07 Å². The first-order valence-corrected chi connectivity index (χ1v) is 6.37. The fraction of sp³-hybridized carbons (Fsp3) is 0.143. The van der Waals surface area contributed by atoms with Gasteiger partial charge in [-0.1, -0.05) is 17.7 Å². The molecule has 0 spiro atoms. The summed E-state index contributed by atoms with van der Waals surface area (Å²) in [4.78, 5) is 16.4. The highest BCUT2D eigenvalue weighted by atomic mass is 79.9. The number of hydrogen-bond donors (Lipinski definition) is 1. The SMILES string of the molecule is Cc1ccc(Br)c(C(=O)Nc2cccc(C)n2)c1. The Morgan fingerprint density at radius 2 is 2.00 bits per heavy atom. The van der Waals surface area contributed by atoms with E-state index in [0.717, 1.165) is 15.7 Å². The van der Waals surface area contributed by atoms with Crippen molar-refractivity contribution < 1.29 is 4.79 Å². The summed E-state index contributed by atoms with van der Waals surface area (Å²) in [6.07, 6.45) is 0. The van der Waals surface area contributed by atoms with Crippen LogP contribution in [0, 0.1) is 13.8 Å². The van der Waals surface area contributed by atoms with Crippen molar-refractivity contribution in [1.82, 2.24) is 4.98 Å². The molecule has 1 heterocycles. The Bertz CT molecular complexity index is 596. The predicted octanol–water partition coefficient (Wildman–Crippen LogP) is 3.71. The van der Waals surface area contributed by atoms with E-state index in [9.17, 15) is 4.79 Å². The zero-order chi connectivity index (χ0) is 13.1. The third-order valence-corrected chi connectivity index (χ3v) is 3.19. The first-order chi connectivity index (χ1) is 8.56. The van der Waals surface area contributed by atoms with Gasteiger partial charge in [-0.3, -0.25) is 4.79 Å². The van der Waals surface area contributed by atoms with Crippen molar-refractivity contribution in [2.24, 2.45) is 0 Å². The van der Waals surface area contributed by atoms with Gasteiger partial charge in [0, 0.05) is 10.2 Å². The maximum absolute atomic E-state index is 12.1. The zero-order valence-corrected chi connectivity index (χ0v) is 11.8. The Hall–Kier alpha value is -1.68. The van der Waals surface area contributed by atoms with Crippen molar-refractivity contribution in [3.63, 3.8) is 0 Å². The van der Waals surface area contributed by atoms with Crippen molar-refractivity contribution >= 4 is 27.7 Å². The Morgan fingerprint density at radius 3 is 2.72 bits per heavy atom. The molecule has 92 valence electrons. The van der Waals surface area contributed by atoms with Crippen LogP contribution in [-0.4, -0.2) is 10.9 Å². The summed E-state index contributed by atoms with van der Waals surface area (Å²) < 4.78 is 0.776. The molecule has 1 amide bonds. The molecule has 0 aliphatic carbocycles. The van der Waals surface area contributed by atoms with Crippen molar-refractivity contribution in [3.8, 4) is 0 Å². The molecule has 0 bridgehead atoms. The van der Waals surface area contributed by atoms with Crippen LogP contribution in [0.1, 0.15) is 21.6 Å². The predicted molar refractivity (Wildman–Crippen MR) is 75.8 cm³/mol. The van der Waals surface area contributed by atoms with Gasteiger partial charge in [0.1, 0.15) is 5.82 Å². The Labute approximate surface area is 114 Å². The van der Waals surface area contributed by atoms with E-state index < -0.39 is 0 Å². The molecule has 0 aliphatic heterocycles. The second kappa shape index (κ2) is 5.31. The summed E-state index contributed by atoms with van der Waals surface area (Å²) in [5, 5.41) is 2.79. The van der Waals surface area contributed by atoms with Gasteiger partial charge >= 0.3 is 0 Å². The van der Waals surface area contributed by atoms with E-state index in [2.05, 4.69) is 26.2 Å². The van der Waals surface area contributed by atoms with Crippen molar-refractivity contribution in [2.45, 2.75) is 13.8 Å². The van der Waals surface area contributed by atoms with Gasteiger partial charge in [0.25, 0.3) is 5.91 Å². The lowest BCUT2D eigenvalue weighted by atomic mass is 10.1. The monoisotopic (exact) mass is 304 g/mol. The highest BCUT2D eigenvalue weighted by Crippen LogP contribution is 2.19. The van der Waals surface area contributed by atoms with E-state index in [0.29, 0.717) is 11.4 Å². The molecule has 1 aromatic carbocycles. The van der Waals surface area contributed by atoms with E-state index in [-0.39, 0.29) is 5.91 Å². The number of amides is 1. The number of nitrogens with one attached hydrogen (secondary N) is 1. The van der Waals surface area contributed by atoms with Gasteiger partial charge in [-0.15, -0.1) is 0 Å². The van der Waals surface area contributed by atoms with Crippen LogP contribution < -0.4 is 5.32 Å². The number of aromatic nitrogens is 1. The first-order valence-electron chi connectivity index (χ1n) is 5.57. The standard InChI is InChI=1S/C14H13BrN2O/c1-9-6-7-12(15)11(8-9)14(18)17-13-5-3-4-10(2)16-13/h3-8H,1-2H3,(H,16,17,18). The molecule has 0 radical (unpaired) electrons. The van der Waals surface area contributed by atoms with Gasteiger partial charge in [-0.2, -0.15) is 0 Å². The minimum atomic E-state index is -0.163. The zero-order valence-electron chi connectivity index (χ0n) is 10.2. The van der Waals surface area contributed by atoms with E-state index >= 15 is 0 Å². The molecule has 0 saturated carbocycles. The lowest BCUT2D eigenvalue weighted by Gasteiger charge is -2.07. The molecule has 1 aromatic heterocycles. The van der Waals surface area contributed by atoms with Crippen LogP contribution in [-0.2, 0) is 0 Å². The van der Waals surface area contributed by atoms with Gasteiger partial charge in [0.2, 0.25) is 0 Å². The Morgan fingerprint density at radius 1 is 1.22 bits per heavy atom. The molecular weight excluding hydrogens is 292 g/mol. The van der Waals surface area contributed by atoms with Gasteiger partial charge in [0.05, 0.1) is 5.56 Å². The second-order valence-electron chi connectivity index (χ2n) is 4.10. The maximum Gasteiger partial charge on any atom is 0.257 e. The number of rotatable bonds is 2. The molecule has 0 aliphatic rings. The van der Waals surface area contributed by atoms with Crippen molar-refractivity contribution in [2.75, 3.05) is 5.32 Å². The number of halogens is 1. The van der Waals surface area contributed by atoms with Crippen LogP contribution in [0.2, 0.25) is 0 Å². The Balaban J connectivity index is 2.24. The number of nitrogens with zero attached hydrogens (tertiary/aromatic N) is 1. The van der Waals surface area contributed by atoms with E-state index in [4.69, 9.17) is 0 Å². The van der Waals surface area contributed by atoms with Crippen LogP contribution in [0.15, 0.2) is 40.9 Å². The summed E-state index contributed by atoms with van der Waals surface area (Å²) in [6.45, 7) is 3.84. The normalized spacial score (nSPS) is 10.2. The summed E-state index contributed by atoms with van der Waals surface area (Å²) in [5.41, 5.74) is 2.52. The number of benzene rings is 1. The quantitative estimate of drug-likeness (QED) is 0.919. The second-order valence-corrected chi connectivity index (χ2v) is 4.96. The topological polar surface area (TPSA) is 42.0 Å². The largest absolute Gasteiger partial charge is 0.307 e. The van der Waals surface area contributed by atoms with Gasteiger partial charge in [0.15, 0.2) is 0 Å². The molecular formula is C14H13BrN2O. The molecule has 1 N–H and O–H groups in total. The maximum atomic E-state index is 12.1. The van der Waals surface area contributed by atoms with Gasteiger partial charge < -0.3 is 5.32 Å². The summed E-state index contributed by atoms with van der Waals surface area (Å²) in [6, 6.07) is 11.2. The fourth-order valence-corrected chi connectivity index (χ4v) is 2.04. The lowest BCUT2D eigenvalue weighted by Crippen LogP contribution is -2.14. The summed E-state index contributed by atoms with van der Waals surface area (Å²) >= 11 is 3.38. The summed E-state index contributed by atoms with van der Waals surface area (Å²) in [7, 11) is 0. The van der Waals surface area contributed by atoms with Crippen molar-refractivity contribution in [3.05, 3.63) is 57.7 Å². The van der Waals surface area contributed by atoms with Crippen LogP contribution >= 0.6 is 15.9 Å². The molecule has 0 unspecified atom stereocenters. The third-order valence-electron chi connectivity index (χ3n) is 2.50. The number of carbonyl (C=O) groups excluding carboxylic acids is 1. The van der Waals surface area contributed by atoms with Crippen LogP contribution in [0.3, 0.4) is 0 Å². The van der Waals surface area contributed by atoms with Crippen LogP contribution in [0.25, 0.3) is 0 Å². The first kappa shape index (κ1) is 12.8. The van der Waals surface area contributed by atoms with E-state index in [1.807, 2.05) is 44.2 Å². The number of anilines is 1. The third kappa shape index (κ3) is 2.96. The van der Waals surface area contributed by atoms with Crippen LogP contribution in [0.4, 0.5) is 5.82 Å². The van der Waals surface area contributed by atoms with Gasteiger partial charge in [-0.25, -0.2) is 4.98 Å². The van der Waals surface area contributed by atoms with Gasteiger partial charge in [-0.05, 0) is 54.0 Å². The lowest BCUT2D eigenvalue weighted by molar-refractivity contribution is 0.102. The number of carbonyl (C=O) groups is 1. The highest BCUT2D eigenvalue weighted by Gasteiger charge is 2.10.